The van der Waals surface area contributed by atoms with Crippen molar-refractivity contribution >= 4 is 23.5 Å². The number of methoxy groups -OCH3 is 1. The Morgan fingerprint density at radius 1 is 1.39 bits per heavy atom. The van der Waals surface area contributed by atoms with Crippen LogP contribution in [-0.2, 0) is 11.3 Å². The van der Waals surface area contributed by atoms with Crippen LogP contribution in [0.25, 0.3) is 0 Å². The quantitative estimate of drug-likeness (QED) is 0.622. The van der Waals surface area contributed by atoms with Gasteiger partial charge in [-0.15, -0.1) is 0 Å². The van der Waals surface area contributed by atoms with Crippen LogP contribution in [-0.4, -0.2) is 28.2 Å². The lowest BCUT2D eigenvalue weighted by Gasteiger charge is -2.13. The molecule has 0 unspecified atom stereocenters. The number of nitrogens with one attached hydrogen (secondary N) is 1. The van der Waals surface area contributed by atoms with Gasteiger partial charge in [-0.1, -0.05) is 30.0 Å². The monoisotopic (exact) mass is 332 g/mol. The second-order valence-electron chi connectivity index (χ2n) is 5.01. The second-order valence-corrected chi connectivity index (χ2v) is 6.31. The number of aromatic nitrogens is 2. The molecule has 1 aromatic heterocycles. The van der Waals surface area contributed by atoms with Crippen molar-refractivity contribution in [3.05, 3.63) is 41.6 Å². The minimum atomic E-state index is -0.328. The van der Waals surface area contributed by atoms with Crippen LogP contribution in [0.4, 0.5) is 5.82 Å². The maximum atomic E-state index is 12.2. The van der Waals surface area contributed by atoms with Gasteiger partial charge < -0.3 is 15.8 Å². The lowest BCUT2D eigenvalue weighted by molar-refractivity contribution is -0.120. The van der Waals surface area contributed by atoms with Crippen molar-refractivity contribution in [2.75, 3.05) is 12.8 Å². The van der Waals surface area contributed by atoms with E-state index in [0.29, 0.717) is 17.5 Å². The van der Waals surface area contributed by atoms with Crippen LogP contribution in [0, 0.1) is 6.92 Å². The average molecular weight is 332 g/mol. The Kier molecular flexibility index (Phi) is 5.81. The Labute approximate surface area is 139 Å². The third-order valence-corrected chi connectivity index (χ3v) is 4.11. The predicted octanol–water partition coefficient (Wildman–Crippen LogP) is 2.17. The van der Waals surface area contributed by atoms with Gasteiger partial charge >= 0.3 is 0 Å². The number of nitrogen functional groups attached to an aromatic ring is 1. The first-order chi connectivity index (χ1) is 11.0. The van der Waals surface area contributed by atoms with Crippen LogP contribution in [0.1, 0.15) is 18.2 Å². The molecule has 23 heavy (non-hydrogen) atoms. The highest BCUT2D eigenvalue weighted by atomic mass is 32.2. The van der Waals surface area contributed by atoms with E-state index in [9.17, 15) is 4.79 Å². The zero-order valence-corrected chi connectivity index (χ0v) is 14.2. The number of carbonyl (C=O) groups excluding carboxylic acids is 1. The molecule has 6 nitrogen and oxygen atoms in total. The lowest BCUT2D eigenvalue weighted by Crippen LogP contribution is -2.30. The summed E-state index contributed by atoms with van der Waals surface area (Å²) in [5.41, 5.74) is 7.41. The summed E-state index contributed by atoms with van der Waals surface area (Å²) in [6.07, 6.45) is 0. The van der Waals surface area contributed by atoms with Crippen molar-refractivity contribution in [1.29, 1.82) is 0 Å². The summed E-state index contributed by atoms with van der Waals surface area (Å²) in [5.74, 6) is 1.06. The number of nitrogens with zero attached hydrogens (tertiary/aromatic N) is 2. The summed E-state index contributed by atoms with van der Waals surface area (Å²) in [5, 5.41) is 3.07. The fourth-order valence-corrected chi connectivity index (χ4v) is 2.87. The Hall–Kier alpha value is -2.28. The third kappa shape index (κ3) is 4.85. The molecule has 2 aromatic rings. The van der Waals surface area contributed by atoms with E-state index in [1.54, 1.807) is 13.2 Å². The predicted molar refractivity (Wildman–Crippen MR) is 91.3 cm³/mol. The van der Waals surface area contributed by atoms with E-state index in [4.69, 9.17) is 10.5 Å². The van der Waals surface area contributed by atoms with Crippen molar-refractivity contribution < 1.29 is 9.53 Å². The lowest BCUT2D eigenvalue weighted by atomic mass is 10.2. The first-order valence-electron chi connectivity index (χ1n) is 7.17. The molecule has 0 spiro atoms. The number of hydrogen-bond acceptors (Lipinski definition) is 6. The molecule has 122 valence electrons. The number of nitrogens with two attached hydrogens (primary N) is 1. The molecule has 0 saturated heterocycles. The second kappa shape index (κ2) is 7.82. The molecule has 0 aliphatic rings. The molecule has 0 bridgehead atoms. The standard InChI is InChI=1S/C16H20N4O2S/c1-10-8-14(17)20-16(19-10)23-11(2)15(21)18-9-12-6-4-5-7-13(12)22-3/h4-8,11H,9H2,1-3H3,(H,18,21)(H2,17,19,20)/t11-/m1/s1. The molecule has 2 rings (SSSR count). The molecule has 1 amide bonds. The minimum Gasteiger partial charge on any atom is -0.496 e. The van der Waals surface area contributed by atoms with Gasteiger partial charge in [0.1, 0.15) is 11.6 Å². The Balaban J connectivity index is 1.94. The zero-order valence-electron chi connectivity index (χ0n) is 13.4. The molecular formula is C16H20N4O2S. The summed E-state index contributed by atoms with van der Waals surface area (Å²) in [4.78, 5) is 20.6. The molecule has 3 N–H and O–H groups in total. The van der Waals surface area contributed by atoms with Crippen molar-refractivity contribution in [1.82, 2.24) is 15.3 Å². The van der Waals surface area contributed by atoms with Crippen LogP contribution in [0.15, 0.2) is 35.5 Å². The molecule has 0 radical (unpaired) electrons. The number of rotatable bonds is 6. The van der Waals surface area contributed by atoms with Gasteiger partial charge in [0.25, 0.3) is 0 Å². The highest BCUT2D eigenvalue weighted by Crippen LogP contribution is 2.21. The molecular weight excluding hydrogens is 312 g/mol. The maximum Gasteiger partial charge on any atom is 0.233 e. The number of benzene rings is 1. The highest BCUT2D eigenvalue weighted by molar-refractivity contribution is 8.00. The van der Waals surface area contributed by atoms with Crippen LogP contribution in [0.5, 0.6) is 5.75 Å². The fourth-order valence-electron chi connectivity index (χ4n) is 2.00. The smallest absolute Gasteiger partial charge is 0.233 e. The molecule has 0 fully saturated rings. The third-order valence-electron chi connectivity index (χ3n) is 3.15. The summed E-state index contributed by atoms with van der Waals surface area (Å²) in [6, 6.07) is 9.27. The van der Waals surface area contributed by atoms with E-state index in [1.165, 1.54) is 11.8 Å². The summed E-state index contributed by atoms with van der Waals surface area (Å²) in [6.45, 7) is 4.06. The van der Waals surface area contributed by atoms with Crippen molar-refractivity contribution in [3.63, 3.8) is 0 Å². The number of aryl methyl sites for hydroxylation is 1. The van der Waals surface area contributed by atoms with Crippen molar-refractivity contribution in [2.45, 2.75) is 30.8 Å². The molecule has 1 atom stereocenters. The van der Waals surface area contributed by atoms with Crippen LogP contribution < -0.4 is 15.8 Å². The first kappa shape index (κ1) is 17.1. The number of hydrogen-bond donors (Lipinski definition) is 2. The normalized spacial score (nSPS) is 11.8. The van der Waals surface area contributed by atoms with Crippen LogP contribution >= 0.6 is 11.8 Å². The number of carbonyl (C=O) groups is 1. The summed E-state index contributed by atoms with van der Waals surface area (Å²) in [7, 11) is 1.61. The topological polar surface area (TPSA) is 90.1 Å². The highest BCUT2D eigenvalue weighted by Gasteiger charge is 2.16. The largest absolute Gasteiger partial charge is 0.496 e. The Morgan fingerprint density at radius 2 is 2.13 bits per heavy atom. The van der Waals surface area contributed by atoms with Crippen LogP contribution in [0.2, 0.25) is 0 Å². The van der Waals surface area contributed by atoms with Gasteiger partial charge in [-0.3, -0.25) is 4.79 Å². The van der Waals surface area contributed by atoms with E-state index in [1.807, 2.05) is 38.1 Å². The van der Waals surface area contributed by atoms with Gasteiger partial charge in [-0.05, 0) is 19.9 Å². The average Bonchev–Trinajstić information content (AvgIpc) is 2.51. The maximum absolute atomic E-state index is 12.2. The molecule has 1 heterocycles. The van der Waals surface area contributed by atoms with Gasteiger partial charge in [0.2, 0.25) is 5.91 Å². The van der Waals surface area contributed by atoms with Gasteiger partial charge in [-0.25, -0.2) is 9.97 Å². The number of anilines is 1. The van der Waals surface area contributed by atoms with Gasteiger partial charge in [0, 0.05) is 23.9 Å². The van der Waals surface area contributed by atoms with Crippen molar-refractivity contribution in [3.8, 4) is 5.75 Å². The molecule has 7 heteroatoms. The minimum absolute atomic E-state index is 0.0930. The van der Waals surface area contributed by atoms with E-state index >= 15 is 0 Å². The van der Waals surface area contributed by atoms with E-state index in [-0.39, 0.29) is 11.2 Å². The number of thioether (sulfide) groups is 1. The van der Waals surface area contributed by atoms with Gasteiger partial charge in [0.05, 0.1) is 12.4 Å². The molecule has 0 aliphatic carbocycles. The SMILES string of the molecule is COc1ccccc1CNC(=O)[C@@H](C)Sc1nc(C)cc(N)n1. The number of para-hydroxylation sites is 1. The van der Waals surface area contributed by atoms with Gasteiger partial charge in [-0.2, -0.15) is 0 Å². The molecule has 1 aromatic carbocycles. The summed E-state index contributed by atoms with van der Waals surface area (Å²) < 4.78 is 5.27. The van der Waals surface area contributed by atoms with E-state index < -0.39 is 0 Å². The molecule has 0 aliphatic heterocycles. The van der Waals surface area contributed by atoms with E-state index in [0.717, 1.165) is 17.0 Å². The number of amides is 1. The molecule has 0 saturated carbocycles. The summed E-state index contributed by atoms with van der Waals surface area (Å²) >= 11 is 1.28. The van der Waals surface area contributed by atoms with E-state index in [2.05, 4.69) is 15.3 Å². The van der Waals surface area contributed by atoms with Crippen LogP contribution in [0.3, 0.4) is 0 Å². The fraction of sp³-hybridized carbons (Fsp3) is 0.312. The number of ether oxygens (including phenoxy) is 1. The van der Waals surface area contributed by atoms with Crippen molar-refractivity contribution in [2.24, 2.45) is 0 Å². The Bertz CT molecular complexity index is 673. The zero-order chi connectivity index (χ0) is 16.8. The van der Waals surface area contributed by atoms with Gasteiger partial charge in [0.15, 0.2) is 5.16 Å². The Morgan fingerprint density at radius 3 is 2.83 bits per heavy atom. The first-order valence-corrected chi connectivity index (χ1v) is 8.05.